The number of rotatable bonds is 5. The van der Waals surface area contributed by atoms with Crippen LogP contribution in [0, 0.1) is 5.92 Å². The summed E-state index contributed by atoms with van der Waals surface area (Å²) in [5.74, 6) is 0.883. The summed E-state index contributed by atoms with van der Waals surface area (Å²) in [6.07, 6.45) is 5.37. The molecule has 3 heteroatoms. The minimum atomic E-state index is 0.411. The van der Waals surface area contributed by atoms with Gasteiger partial charge in [-0.25, -0.2) is 0 Å². The third-order valence-electron chi connectivity index (χ3n) is 5.36. The maximum absolute atomic E-state index is 5.81. The van der Waals surface area contributed by atoms with Crippen LogP contribution in [0.15, 0.2) is 24.3 Å². The first-order valence-corrected chi connectivity index (χ1v) is 8.30. The first kappa shape index (κ1) is 14.9. The number of hydrogen-bond donors (Lipinski definition) is 1. The Balaban J connectivity index is 1.54. The predicted octanol–water partition coefficient (Wildman–Crippen LogP) is 2.57. The van der Waals surface area contributed by atoms with Crippen LogP contribution >= 0.6 is 0 Å². The Morgan fingerprint density at radius 2 is 1.81 bits per heavy atom. The van der Waals surface area contributed by atoms with E-state index in [0.29, 0.717) is 5.41 Å². The molecule has 1 aromatic carbocycles. The fourth-order valence-electron chi connectivity index (χ4n) is 3.79. The van der Waals surface area contributed by atoms with E-state index in [0.717, 1.165) is 11.6 Å². The normalized spacial score (nSPS) is 22.6. The molecule has 0 bridgehead atoms. The smallest absolute Gasteiger partial charge is 0.0314 e. The Hall–Kier alpha value is -1.06. The van der Waals surface area contributed by atoms with Gasteiger partial charge in [0.1, 0.15) is 0 Å². The van der Waals surface area contributed by atoms with Crippen LogP contribution < -0.4 is 5.73 Å². The van der Waals surface area contributed by atoms with E-state index >= 15 is 0 Å². The highest BCUT2D eigenvalue weighted by Gasteiger charge is 2.44. The topological polar surface area (TPSA) is 32.5 Å². The van der Waals surface area contributed by atoms with Gasteiger partial charge in [0.15, 0.2) is 0 Å². The van der Waals surface area contributed by atoms with Gasteiger partial charge < -0.3 is 15.5 Å². The van der Waals surface area contributed by atoms with Gasteiger partial charge in [0.05, 0.1) is 0 Å². The first-order chi connectivity index (χ1) is 10.1. The maximum Gasteiger partial charge on any atom is 0.0314 e. The van der Waals surface area contributed by atoms with Crippen LogP contribution in [0.4, 0.5) is 5.69 Å². The highest BCUT2D eigenvalue weighted by Crippen LogP contribution is 2.48. The van der Waals surface area contributed by atoms with E-state index < -0.39 is 0 Å². The van der Waals surface area contributed by atoms with E-state index in [1.807, 2.05) is 12.1 Å². The van der Waals surface area contributed by atoms with Crippen molar-refractivity contribution in [3.63, 3.8) is 0 Å². The monoisotopic (exact) mass is 287 g/mol. The second-order valence-corrected chi connectivity index (χ2v) is 7.35. The zero-order valence-corrected chi connectivity index (χ0v) is 13.5. The Labute approximate surface area is 129 Å². The molecule has 1 saturated heterocycles. The molecule has 1 aliphatic carbocycles. The number of benzene rings is 1. The van der Waals surface area contributed by atoms with Gasteiger partial charge in [-0.05, 0) is 76.5 Å². The molecule has 2 fully saturated rings. The SMILES string of the molecule is CN1CCC(CN(C)CC2(c3ccc(N)cc3)CC2)CC1. The average molecular weight is 287 g/mol. The second-order valence-electron chi connectivity index (χ2n) is 7.35. The predicted molar refractivity (Wildman–Crippen MR) is 89.5 cm³/mol. The number of nitrogens with two attached hydrogens (primary N) is 1. The molecule has 2 N–H and O–H groups in total. The van der Waals surface area contributed by atoms with Crippen molar-refractivity contribution in [2.75, 3.05) is 46.0 Å². The average Bonchev–Trinajstić information content (AvgIpc) is 3.23. The zero-order chi connectivity index (χ0) is 14.9. The van der Waals surface area contributed by atoms with Crippen molar-refractivity contribution < 1.29 is 0 Å². The van der Waals surface area contributed by atoms with E-state index in [1.165, 1.54) is 57.4 Å². The quantitative estimate of drug-likeness (QED) is 0.845. The highest BCUT2D eigenvalue weighted by molar-refractivity contribution is 5.43. The fourth-order valence-corrected chi connectivity index (χ4v) is 3.79. The largest absolute Gasteiger partial charge is 0.399 e. The highest BCUT2D eigenvalue weighted by atomic mass is 15.1. The van der Waals surface area contributed by atoms with Gasteiger partial charge in [-0.15, -0.1) is 0 Å². The molecule has 0 aromatic heterocycles. The molecule has 116 valence electrons. The molecule has 3 rings (SSSR count). The molecular weight excluding hydrogens is 258 g/mol. The lowest BCUT2D eigenvalue weighted by Gasteiger charge is -2.33. The number of anilines is 1. The van der Waals surface area contributed by atoms with Gasteiger partial charge in [0.2, 0.25) is 0 Å². The molecule has 0 unspecified atom stereocenters. The lowest BCUT2D eigenvalue weighted by atomic mass is 9.93. The van der Waals surface area contributed by atoms with Gasteiger partial charge >= 0.3 is 0 Å². The van der Waals surface area contributed by atoms with Crippen LogP contribution in [0.1, 0.15) is 31.2 Å². The Kier molecular flexibility index (Phi) is 4.23. The van der Waals surface area contributed by atoms with Crippen LogP contribution in [0.25, 0.3) is 0 Å². The number of likely N-dealkylation sites (tertiary alicyclic amines) is 1. The fraction of sp³-hybridized carbons (Fsp3) is 0.667. The second kappa shape index (κ2) is 5.98. The molecule has 1 heterocycles. The van der Waals surface area contributed by atoms with Crippen molar-refractivity contribution in [2.45, 2.75) is 31.1 Å². The molecule has 2 aliphatic rings. The maximum atomic E-state index is 5.81. The molecule has 21 heavy (non-hydrogen) atoms. The molecule has 0 spiro atoms. The minimum Gasteiger partial charge on any atom is -0.399 e. The van der Waals surface area contributed by atoms with Crippen molar-refractivity contribution in [2.24, 2.45) is 5.92 Å². The van der Waals surface area contributed by atoms with Crippen LogP contribution in [0.2, 0.25) is 0 Å². The van der Waals surface area contributed by atoms with Crippen molar-refractivity contribution in [1.82, 2.24) is 9.80 Å². The van der Waals surface area contributed by atoms with Gasteiger partial charge in [-0.3, -0.25) is 0 Å². The van der Waals surface area contributed by atoms with E-state index in [2.05, 4.69) is 36.0 Å². The molecular formula is C18H29N3. The lowest BCUT2D eigenvalue weighted by molar-refractivity contribution is 0.170. The lowest BCUT2D eigenvalue weighted by Crippen LogP contribution is -2.38. The zero-order valence-electron chi connectivity index (χ0n) is 13.5. The van der Waals surface area contributed by atoms with E-state index in [9.17, 15) is 0 Å². The summed E-state index contributed by atoms with van der Waals surface area (Å²) in [4.78, 5) is 5.02. The van der Waals surface area contributed by atoms with Gasteiger partial charge in [0, 0.05) is 24.2 Å². The molecule has 3 nitrogen and oxygen atoms in total. The number of piperidine rings is 1. The van der Waals surface area contributed by atoms with Gasteiger partial charge in [0.25, 0.3) is 0 Å². The van der Waals surface area contributed by atoms with E-state index in [-0.39, 0.29) is 0 Å². The first-order valence-electron chi connectivity index (χ1n) is 8.30. The standard InChI is InChI=1S/C18H29N3/c1-20-11-7-15(8-12-20)13-21(2)14-18(9-10-18)16-3-5-17(19)6-4-16/h3-6,15H,7-14,19H2,1-2H3. The Morgan fingerprint density at radius 1 is 1.19 bits per heavy atom. The van der Waals surface area contributed by atoms with Crippen molar-refractivity contribution in [3.8, 4) is 0 Å². The number of nitrogen functional groups attached to an aromatic ring is 1. The summed E-state index contributed by atoms with van der Waals surface area (Å²) in [5, 5.41) is 0. The third-order valence-corrected chi connectivity index (χ3v) is 5.36. The number of nitrogens with zero attached hydrogens (tertiary/aromatic N) is 2. The third kappa shape index (κ3) is 3.58. The van der Waals surface area contributed by atoms with Crippen LogP contribution in [-0.2, 0) is 5.41 Å². The van der Waals surface area contributed by atoms with Crippen LogP contribution in [-0.4, -0.2) is 50.1 Å². The summed E-state index contributed by atoms with van der Waals surface area (Å²) >= 11 is 0. The Bertz CT molecular complexity index is 456. The summed E-state index contributed by atoms with van der Waals surface area (Å²) in [6.45, 7) is 4.98. The summed E-state index contributed by atoms with van der Waals surface area (Å²) < 4.78 is 0. The number of likely N-dealkylation sites (N-methyl/N-ethyl adjacent to an activating group) is 1. The molecule has 0 radical (unpaired) electrons. The summed E-state index contributed by atoms with van der Waals surface area (Å²) in [6, 6.07) is 8.55. The van der Waals surface area contributed by atoms with Gasteiger partial charge in [-0.1, -0.05) is 12.1 Å². The van der Waals surface area contributed by atoms with Crippen LogP contribution in [0.5, 0.6) is 0 Å². The summed E-state index contributed by atoms with van der Waals surface area (Å²) in [5.41, 5.74) is 8.57. The van der Waals surface area contributed by atoms with Crippen molar-refractivity contribution >= 4 is 5.69 Å². The van der Waals surface area contributed by atoms with Gasteiger partial charge in [-0.2, -0.15) is 0 Å². The van der Waals surface area contributed by atoms with Crippen molar-refractivity contribution in [1.29, 1.82) is 0 Å². The molecule has 1 saturated carbocycles. The Morgan fingerprint density at radius 3 is 2.38 bits per heavy atom. The van der Waals surface area contributed by atoms with Crippen molar-refractivity contribution in [3.05, 3.63) is 29.8 Å². The summed E-state index contributed by atoms with van der Waals surface area (Å²) in [7, 11) is 4.54. The molecule has 1 aromatic rings. The molecule has 0 atom stereocenters. The molecule has 0 amide bonds. The minimum absolute atomic E-state index is 0.411. The van der Waals surface area contributed by atoms with Crippen LogP contribution in [0.3, 0.4) is 0 Å². The van der Waals surface area contributed by atoms with E-state index in [1.54, 1.807) is 0 Å². The molecule has 1 aliphatic heterocycles. The number of hydrogen-bond acceptors (Lipinski definition) is 3. The van der Waals surface area contributed by atoms with E-state index in [4.69, 9.17) is 5.73 Å².